The number of para-hydroxylation sites is 1. The minimum absolute atomic E-state index is 0.299. The second-order valence-electron chi connectivity index (χ2n) is 7.05. The first-order valence-corrected chi connectivity index (χ1v) is 9.82. The number of benzene rings is 1. The van der Waals surface area contributed by atoms with Crippen LogP contribution in [0.2, 0.25) is 0 Å². The highest BCUT2D eigenvalue weighted by Gasteiger charge is 2.26. The van der Waals surface area contributed by atoms with Crippen LogP contribution in [0.5, 0.6) is 0 Å². The SMILES string of the molecule is CCCCCC(=O)OCOC(=O)N1CCC(c2c[nH]c3ccccc23)CC1. The fraction of sp³-hybridized carbons (Fsp3) is 0.524. The summed E-state index contributed by atoms with van der Waals surface area (Å²) in [4.78, 5) is 28.7. The van der Waals surface area contributed by atoms with Gasteiger partial charge in [0.1, 0.15) is 0 Å². The van der Waals surface area contributed by atoms with E-state index in [4.69, 9.17) is 9.47 Å². The van der Waals surface area contributed by atoms with E-state index in [2.05, 4.69) is 36.3 Å². The van der Waals surface area contributed by atoms with Gasteiger partial charge in [0.15, 0.2) is 0 Å². The van der Waals surface area contributed by atoms with Gasteiger partial charge in [-0.05, 0) is 36.8 Å². The molecule has 146 valence electrons. The molecule has 2 aromatic rings. The Morgan fingerprint density at radius 2 is 1.93 bits per heavy atom. The minimum Gasteiger partial charge on any atom is -0.428 e. The molecule has 0 atom stereocenters. The van der Waals surface area contributed by atoms with Crippen molar-refractivity contribution in [2.24, 2.45) is 0 Å². The highest BCUT2D eigenvalue weighted by Crippen LogP contribution is 2.33. The van der Waals surface area contributed by atoms with E-state index in [0.717, 1.165) is 37.6 Å². The predicted octanol–water partition coefficient (Wildman–Crippen LogP) is 4.56. The molecule has 1 aromatic carbocycles. The zero-order valence-corrected chi connectivity index (χ0v) is 15.9. The van der Waals surface area contributed by atoms with Crippen LogP contribution < -0.4 is 0 Å². The van der Waals surface area contributed by atoms with Gasteiger partial charge in [0, 0.05) is 36.6 Å². The van der Waals surface area contributed by atoms with Crippen LogP contribution in [0.3, 0.4) is 0 Å². The Kier molecular flexibility index (Phi) is 6.74. The van der Waals surface area contributed by atoms with Crippen LogP contribution in [0.4, 0.5) is 4.79 Å². The van der Waals surface area contributed by atoms with Crippen LogP contribution in [0, 0.1) is 0 Å². The fourth-order valence-corrected chi connectivity index (χ4v) is 3.63. The molecule has 0 bridgehead atoms. The van der Waals surface area contributed by atoms with Crippen molar-refractivity contribution in [1.29, 1.82) is 0 Å². The molecular weight excluding hydrogens is 344 g/mol. The first-order valence-electron chi connectivity index (χ1n) is 9.82. The van der Waals surface area contributed by atoms with E-state index >= 15 is 0 Å². The van der Waals surface area contributed by atoms with Gasteiger partial charge in [-0.3, -0.25) is 4.79 Å². The van der Waals surface area contributed by atoms with Crippen LogP contribution in [0.1, 0.15) is 56.9 Å². The number of unbranched alkanes of at least 4 members (excludes halogenated alkanes) is 2. The van der Waals surface area contributed by atoms with E-state index in [0.29, 0.717) is 25.4 Å². The van der Waals surface area contributed by atoms with Crippen molar-refractivity contribution in [1.82, 2.24) is 9.88 Å². The number of carbonyl (C=O) groups is 2. The maximum absolute atomic E-state index is 12.2. The number of H-pyrrole nitrogens is 1. The zero-order valence-electron chi connectivity index (χ0n) is 15.9. The van der Waals surface area contributed by atoms with Gasteiger partial charge in [0.05, 0.1) is 0 Å². The van der Waals surface area contributed by atoms with E-state index in [1.807, 2.05) is 6.07 Å². The van der Waals surface area contributed by atoms with Gasteiger partial charge in [-0.25, -0.2) is 4.79 Å². The maximum atomic E-state index is 12.2. The normalized spacial score (nSPS) is 15.1. The highest BCUT2D eigenvalue weighted by molar-refractivity contribution is 5.83. The number of aromatic amines is 1. The Morgan fingerprint density at radius 1 is 1.15 bits per heavy atom. The molecule has 6 heteroatoms. The molecule has 0 radical (unpaired) electrons. The summed E-state index contributed by atoms with van der Waals surface area (Å²) < 4.78 is 10.1. The smallest absolute Gasteiger partial charge is 0.412 e. The van der Waals surface area contributed by atoms with Crippen molar-refractivity contribution < 1.29 is 19.1 Å². The van der Waals surface area contributed by atoms with Crippen molar-refractivity contribution in [3.8, 4) is 0 Å². The number of hydrogen-bond donors (Lipinski definition) is 1. The van der Waals surface area contributed by atoms with Gasteiger partial charge in [-0.1, -0.05) is 38.0 Å². The lowest BCUT2D eigenvalue weighted by Gasteiger charge is -2.31. The fourth-order valence-electron chi connectivity index (χ4n) is 3.63. The zero-order chi connectivity index (χ0) is 19.1. The Morgan fingerprint density at radius 3 is 2.70 bits per heavy atom. The Hall–Kier alpha value is -2.50. The van der Waals surface area contributed by atoms with Crippen molar-refractivity contribution in [2.45, 2.75) is 51.4 Å². The minimum atomic E-state index is -0.409. The second-order valence-corrected chi connectivity index (χ2v) is 7.05. The number of amides is 1. The van der Waals surface area contributed by atoms with Gasteiger partial charge >= 0.3 is 12.1 Å². The van der Waals surface area contributed by atoms with Crippen molar-refractivity contribution in [3.05, 3.63) is 36.0 Å². The van der Waals surface area contributed by atoms with Crippen molar-refractivity contribution in [2.75, 3.05) is 19.9 Å². The standard InChI is InChI=1S/C21H28N2O4/c1-2-3-4-9-20(24)26-15-27-21(25)23-12-10-16(11-13-23)18-14-22-19-8-6-5-7-17(18)19/h5-8,14,16,22H,2-4,9-13,15H2,1H3. The molecule has 1 saturated heterocycles. The summed E-state index contributed by atoms with van der Waals surface area (Å²) in [6.07, 6.45) is 6.71. The lowest BCUT2D eigenvalue weighted by molar-refractivity contribution is -0.152. The van der Waals surface area contributed by atoms with E-state index in [9.17, 15) is 9.59 Å². The number of carbonyl (C=O) groups excluding carboxylic acids is 2. The van der Waals surface area contributed by atoms with Gasteiger partial charge in [0.25, 0.3) is 0 Å². The third kappa shape index (κ3) is 5.02. The number of hydrogen-bond acceptors (Lipinski definition) is 4. The number of ether oxygens (including phenoxy) is 2. The molecule has 0 saturated carbocycles. The largest absolute Gasteiger partial charge is 0.428 e. The molecule has 1 N–H and O–H groups in total. The van der Waals surface area contributed by atoms with Crippen LogP contribution >= 0.6 is 0 Å². The summed E-state index contributed by atoms with van der Waals surface area (Å²) in [5, 5.41) is 1.26. The number of esters is 1. The molecule has 1 fully saturated rings. The van der Waals surface area contributed by atoms with Crippen LogP contribution in [-0.2, 0) is 14.3 Å². The number of nitrogens with zero attached hydrogens (tertiary/aromatic N) is 1. The molecular formula is C21H28N2O4. The lowest BCUT2D eigenvalue weighted by Crippen LogP contribution is -2.38. The van der Waals surface area contributed by atoms with Gasteiger partial charge in [0.2, 0.25) is 6.79 Å². The van der Waals surface area contributed by atoms with Crippen molar-refractivity contribution in [3.63, 3.8) is 0 Å². The van der Waals surface area contributed by atoms with Gasteiger partial charge in [-0.2, -0.15) is 0 Å². The molecule has 0 aliphatic carbocycles. The first-order chi connectivity index (χ1) is 13.2. The third-order valence-corrected chi connectivity index (χ3v) is 5.20. The van der Waals surface area contributed by atoms with Crippen LogP contribution in [0.15, 0.2) is 30.5 Å². The molecule has 3 rings (SSSR count). The van der Waals surface area contributed by atoms with Crippen LogP contribution in [-0.4, -0.2) is 41.8 Å². The van der Waals surface area contributed by atoms with Gasteiger partial charge in [-0.15, -0.1) is 0 Å². The molecule has 1 amide bonds. The highest BCUT2D eigenvalue weighted by atomic mass is 16.7. The molecule has 27 heavy (non-hydrogen) atoms. The van der Waals surface area contributed by atoms with Gasteiger partial charge < -0.3 is 19.4 Å². The first kappa shape index (κ1) is 19.3. The average molecular weight is 372 g/mol. The summed E-state index contributed by atoms with van der Waals surface area (Å²) >= 11 is 0. The quantitative estimate of drug-likeness (QED) is 0.439. The van der Waals surface area contributed by atoms with E-state index in [1.54, 1.807) is 4.90 Å². The summed E-state index contributed by atoms with van der Waals surface area (Å²) in [7, 11) is 0. The molecule has 2 heterocycles. The summed E-state index contributed by atoms with van der Waals surface area (Å²) in [6.45, 7) is 3.07. The molecule has 6 nitrogen and oxygen atoms in total. The predicted molar refractivity (Wildman–Crippen MR) is 103 cm³/mol. The van der Waals surface area contributed by atoms with E-state index < -0.39 is 6.09 Å². The number of piperidine rings is 1. The number of fused-ring (bicyclic) bond motifs is 1. The Bertz CT molecular complexity index is 762. The molecule has 1 aliphatic rings. The topological polar surface area (TPSA) is 71.6 Å². The number of rotatable bonds is 7. The monoisotopic (exact) mass is 372 g/mol. The lowest BCUT2D eigenvalue weighted by atomic mass is 9.89. The number of aromatic nitrogens is 1. The van der Waals surface area contributed by atoms with E-state index in [1.165, 1.54) is 10.9 Å². The van der Waals surface area contributed by atoms with E-state index in [-0.39, 0.29) is 12.8 Å². The molecule has 0 spiro atoms. The summed E-state index contributed by atoms with van der Waals surface area (Å²) in [5.41, 5.74) is 2.47. The molecule has 1 aliphatic heterocycles. The average Bonchev–Trinajstić information content (AvgIpc) is 3.12. The Balaban J connectivity index is 1.41. The summed E-state index contributed by atoms with van der Waals surface area (Å²) in [6, 6.07) is 8.29. The number of likely N-dealkylation sites (tertiary alicyclic amines) is 1. The molecule has 1 aromatic heterocycles. The third-order valence-electron chi connectivity index (χ3n) is 5.20. The molecule has 0 unspecified atom stereocenters. The second kappa shape index (κ2) is 9.44. The summed E-state index contributed by atoms with van der Waals surface area (Å²) in [5.74, 6) is 0.121. The van der Waals surface area contributed by atoms with Crippen molar-refractivity contribution >= 4 is 23.0 Å². The van der Waals surface area contributed by atoms with Crippen LogP contribution in [0.25, 0.3) is 10.9 Å². The Labute approximate surface area is 159 Å². The maximum Gasteiger partial charge on any atom is 0.412 e. The number of nitrogens with one attached hydrogen (secondary N) is 1.